The molecule has 1 unspecified atom stereocenters. The summed E-state index contributed by atoms with van der Waals surface area (Å²) in [5.74, 6) is 0.700. The monoisotopic (exact) mass is 407 g/mol. The molecule has 0 fully saturated rings. The molecule has 1 aromatic carbocycles. The number of sulfonamides is 1. The van der Waals surface area contributed by atoms with Crippen molar-refractivity contribution in [1.82, 2.24) is 10.2 Å². The van der Waals surface area contributed by atoms with Crippen molar-refractivity contribution >= 4 is 15.7 Å². The van der Waals surface area contributed by atoms with Crippen LogP contribution < -0.4 is 9.04 Å². The molecular weight excluding hydrogens is 374 g/mol. The summed E-state index contributed by atoms with van der Waals surface area (Å²) in [5, 5.41) is 7.18. The van der Waals surface area contributed by atoms with E-state index < -0.39 is 10.0 Å². The number of nitrogens with one attached hydrogen (secondary N) is 1. The quantitative estimate of drug-likeness (QED) is 0.657. The van der Waals surface area contributed by atoms with E-state index in [1.807, 2.05) is 19.1 Å². The minimum atomic E-state index is -3.47. The molecule has 2 rings (SSSR count). The number of ether oxygens (including phenoxy) is 1. The number of H-pyrrole nitrogens is 1. The van der Waals surface area contributed by atoms with Crippen molar-refractivity contribution in [2.24, 2.45) is 0 Å². The molecule has 1 atom stereocenters. The number of anilines is 1. The van der Waals surface area contributed by atoms with Crippen LogP contribution in [0, 0.1) is 0 Å². The van der Waals surface area contributed by atoms with Gasteiger partial charge in [0.25, 0.3) is 0 Å². The van der Waals surface area contributed by atoms with E-state index in [1.165, 1.54) is 4.31 Å². The summed E-state index contributed by atoms with van der Waals surface area (Å²) >= 11 is 0. The molecule has 156 valence electrons. The summed E-state index contributed by atoms with van der Waals surface area (Å²) in [6.07, 6.45) is 3.78. The fraction of sp³-hybridized carbons (Fsp3) is 0.571. The van der Waals surface area contributed by atoms with Crippen LogP contribution in [0.3, 0.4) is 0 Å². The third kappa shape index (κ3) is 5.50. The highest BCUT2D eigenvalue weighted by Crippen LogP contribution is 2.30. The van der Waals surface area contributed by atoms with Gasteiger partial charge in [0.05, 0.1) is 30.3 Å². The van der Waals surface area contributed by atoms with Crippen LogP contribution in [-0.4, -0.2) is 30.5 Å². The summed E-state index contributed by atoms with van der Waals surface area (Å²) in [4.78, 5) is 0. The maximum atomic E-state index is 12.9. The highest BCUT2D eigenvalue weighted by molar-refractivity contribution is 7.92. The molecule has 2 aromatic rings. The zero-order valence-corrected chi connectivity index (χ0v) is 18.6. The average molecular weight is 408 g/mol. The van der Waals surface area contributed by atoms with Crippen LogP contribution in [0.4, 0.5) is 5.69 Å². The van der Waals surface area contributed by atoms with Crippen molar-refractivity contribution in [3.05, 3.63) is 41.7 Å². The number of hydrogen-bond donors (Lipinski definition) is 1. The van der Waals surface area contributed by atoms with Crippen LogP contribution >= 0.6 is 0 Å². The number of aromatic amines is 1. The van der Waals surface area contributed by atoms with Crippen LogP contribution in [0.25, 0.3) is 0 Å². The zero-order valence-electron chi connectivity index (χ0n) is 17.8. The summed E-state index contributed by atoms with van der Waals surface area (Å²) < 4.78 is 33.2. The predicted octanol–water partition coefficient (Wildman–Crippen LogP) is 4.63. The van der Waals surface area contributed by atoms with Crippen LogP contribution in [0.1, 0.15) is 65.6 Å². The Hall–Kier alpha value is -2.02. The van der Waals surface area contributed by atoms with Gasteiger partial charge in [-0.25, -0.2) is 8.42 Å². The Morgan fingerprint density at radius 1 is 1.25 bits per heavy atom. The molecule has 0 aliphatic heterocycles. The van der Waals surface area contributed by atoms with E-state index >= 15 is 0 Å². The molecule has 0 bridgehead atoms. The molecule has 0 aliphatic rings. The lowest BCUT2D eigenvalue weighted by molar-refractivity contribution is 0.210. The van der Waals surface area contributed by atoms with Crippen molar-refractivity contribution in [1.29, 1.82) is 0 Å². The van der Waals surface area contributed by atoms with Crippen LogP contribution in [0.2, 0.25) is 0 Å². The van der Waals surface area contributed by atoms with Gasteiger partial charge in [0, 0.05) is 22.7 Å². The van der Waals surface area contributed by atoms with E-state index in [4.69, 9.17) is 4.74 Å². The first kappa shape index (κ1) is 22.3. The number of hydrogen-bond acceptors (Lipinski definition) is 4. The largest absolute Gasteiger partial charge is 0.491 e. The molecule has 7 heteroatoms. The second kappa shape index (κ2) is 8.99. The lowest BCUT2D eigenvalue weighted by atomic mass is 9.89. The minimum Gasteiger partial charge on any atom is -0.491 e. The van der Waals surface area contributed by atoms with Gasteiger partial charge in [-0.05, 0) is 32.4 Å². The van der Waals surface area contributed by atoms with Gasteiger partial charge < -0.3 is 4.74 Å². The normalized spacial score (nSPS) is 13.4. The summed E-state index contributed by atoms with van der Waals surface area (Å²) in [5.41, 5.74) is 2.25. The Morgan fingerprint density at radius 2 is 1.96 bits per heavy atom. The summed E-state index contributed by atoms with van der Waals surface area (Å²) in [6.45, 7) is 12.3. The van der Waals surface area contributed by atoms with Gasteiger partial charge in [0.1, 0.15) is 5.75 Å². The lowest BCUT2D eigenvalue weighted by Crippen LogP contribution is -2.32. The lowest BCUT2D eigenvalue weighted by Gasteiger charge is -2.26. The Morgan fingerprint density at radius 3 is 2.57 bits per heavy atom. The highest BCUT2D eigenvalue weighted by atomic mass is 32.2. The number of nitrogens with zero attached hydrogens (tertiary/aromatic N) is 2. The Balaban J connectivity index is 2.39. The predicted molar refractivity (Wildman–Crippen MR) is 114 cm³/mol. The third-order valence-corrected chi connectivity index (χ3v) is 6.36. The van der Waals surface area contributed by atoms with Crippen LogP contribution in [0.15, 0.2) is 30.5 Å². The first-order chi connectivity index (χ1) is 13.1. The maximum absolute atomic E-state index is 12.9. The van der Waals surface area contributed by atoms with Crippen LogP contribution in [-0.2, 0) is 22.0 Å². The van der Waals surface area contributed by atoms with Crippen molar-refractivity contribution < 1.29 is 13.2 Å². The van der Waals surface area contributed by atoms with E-state index in [0.29, 0.717) is 11.4 Å². The number of rotatable bonds is 9. The van der Waals surface area contributed by atoms with Crippen LogP contribution in [0.5, 0.6) is 5.75 Å². The number of aromatic nitrogens is 2. The molecule has 1 aromatic heterocycles. The topological polar surface area (TPSA) is 75.3 Å². The third-order valence-electron chi connectivity index (χ3n) is 4.62. The fourth-order valence-electron chi connectivity index (χ4n) is 3.15. The van der Waals surface area contributed by atoms with Gasteiger partial charge in [-0.2, -0.15) is 5.10 Å². The van der Waals surface area contributed by atoms with Crippen molar-refractivity contribution in [2.45, 2.75) is 72.4 Å². The molecule has 1 heterocycles. The Bertz CT molecular complexity index is 869. The second-order valence-corrected chi connectivity index (χ2v) is 10.3. The fourth-order valence-corrected chi connectivity index (χ4v) is 4.23. The Kier molecular flexibility index (Phi) is 7.15. The van der Waals surface area contributed by atoms with E-state index in [9.17, 15) is 8.42 Å². The summed E-state index contributed by atoms with van der Waals surface area (Å²) in [6, 6.07) is 7.31. The molecule has 0 amide bonds. The molecule has 0 spiro atoms. The van der Waals surface area contributed by atoms with Gasteiger partial charge in [-0.15, -0.1) is 0 Å². The van der Waals surface area contributed by atoms with Gasteiger partial charge in [0.2, 0.25) is 10.0 Å². The SMILES string of the molecule is CCCC(C)Oc1cccc(N(Cc2cn[nH]c2C(C)(C)C)S(=O)(=O)CC)c1. The standard InChI is InChI=1S/C21H33N3O3S/c1-7-10-16(3)27-19-12-9-11-18(13-19)24(28(25,26)8-2)15-17-14-22-23-20(17)21(4,5)6/h9,11-14,16H,7-8,10,15H2,1-6H3,(H,22,23). The second-order valence-electron chi connectivity index (χ2n) is 8.14. The minimum absolute atomic E-state index is 0.0209. The molecule has 0 saturated heterocycles. The summed E-state index contributed by atoms with van der Waals surface area (Å²) in [7, 11) is -3.47. The van der Waals surface area contributed by atoms with E-state index in [1.54, 1.807) is 25.3 Å². The van der Waals surface area contributed by atoms with Crippen molar-refractivity contribution in [2.75, 3.05) is 10.1 Å². The van der Waals surface area contributed by atoms with Crippen molar-refractivity contribution in [3.8, 4) is 5.75 Å². The molecule has 1 N–H and O–H groups in total. The molecule has 0 saturated carbocycles. The molecule has 0 radical (unpaired) electrons. The van der Waals surface area contributed by atoms with E-state index in [2.05, 4.69) is 37.9 Å². The van der Waals surface area contributed by atoms with Gasteiger partial charge in [-0.1, -0.05) is 40.2 Å². The molecule has 28 heavy (non-hydrogen) atoms. The van der Waals surface area contributed by atoms with Crippen molar-refractivity contribution in [3.63, 3.8) is 0 Å². The zero-order chi connectivity index (χ0) is 20.9. The molecule has 6 nitrogen and oxygen atoms in total. The highest BCUT2D eigenvalue weighted by Gasteiger charge is 2.26. The first-order valence-electron chi connectivity index (χ1n) is 9.88. The van der Waals surface area contributed by atoms with Gasteiger partial charge in [-0.3, -0.25) is 9.40 Å². The van der Waals surface area contributed by atoms with Gasteiger partial charge in [0.15, 0.2) is 0 Å². The average Bonchev–Trinajstić information content (AvgIpc) is 3.08. The first-order valence-corrected chi connectivity index (χ1v) is 11.5. The Labute approximate surface area is 169 Å². The number of benzene rings is 1. The van der Waals surface area contributed by atoms with E-state index in [-0.39, 0.29) is 23.8 Å². The molecular formula is C21H33N3O3S. The molecule has 0 aliphatic carbocycles. The smallest absolute Gasteiger partial charge is 0.235 e. The maximum Gasteiger partial charge on any atom is 0.235 e. The van der Waals surface area contributed by atoms with E-state index in [0.717, 1.165) is 24.1 Å². The van der Waals surface area contributed by atoms with Gasteiger partial charge >= 0.3 is 0 Å².